The Balaban J connectivity index is 2.41. The van der Waals surface area contributed by atoms with Gasteiger partial charge in [-0.2, -0.15) is 0 Å². The second kappa shape index (κ2) is 4.97. The van der Waals surface area contributed by atoms with Gasteiger partial charge in [0.15, 0.2) is 0 Å². The van der Waals surface area contributed by atoms with Crippen LogP contribution in [0, 0.1) is 11.9 Å². The highest BCUT2D eigenvalue weighted by atomic mass is 19.1. The first kappa shape index (κ1) is 10.2. The van der Waals surface area contributed by atoms with Gasteiger partial charge in [0, 0.05) is 0 Å². The first-order chi connectivity index (χ1) is 6.20. The maximum absolute atomic E-state index is 13.1. The van der Waals surface area contributed by atoms with Crippen molar-refractivity contribution in [3.05, 3.63) is 35.6 Å². The molecule has 2 heteroatoms. The summed E-state index contributed by atoms with van der Waals surface area (Å²) in [7, 11) is 4.04. The van der Waals surface area contributed by atoms with Crippen LogP contribution in [0.4, 0.5) is 4.39 Å². The number of hydrogen-bond acceptors (Lipinski definition) is 1. The highest BCUT2D eigenvalue weighted by Gasteiger charge is 2.00. The molecule has 0 atom stereocenters. The minimum absolute atomic E-state index is 0.138. The van der Waals surface area contributed by atoms with Crippen molar-refractivity contribution in [1.29, 1.82) is 0 Å². The average Bonchev–Trinajstić information content (AvgIpc) is 2.08. The molecule has 0 saturated heterocycles. The molecular weight excluding hydrogens is 165 g/mol. The Morgan fingerprint density at radius 2 is 2.23 bits per heavy atom. The number of aryl methyl sites for hydroxylation is 1. The molecule has 0 heterocycles. The maximum atomic E-state index is 13.1. The predicted octanol–water partition coefficient (Wildman–Crippen LogP) is 2.12. The Labute approximate surface area is 79.2 Å². The van der Waals surface area contributed by atoms with Gasteiger partial charge in [-0.25, -0.2) is 4.39 Å². The van der Waals surface area contributed by atoms with E-state index in [0.717, 1.165) is 19.4 Å². The van der Waals surface area contributed by atoms with Crippen molar-refractivity contribution in [3.8, 4) is 0 Å². The Bertz CT molecular complexity index is 258. The standard InChI is InChI=1S/C11H15FN/c1-13(2)9-5-7-10-6-3-4-8-11(10)12/h3-4,8H,5,7,9H2,1-2H3. The fraction of sp³-hybridized carbons (Fsp3) is 0.455. The number of rotatable bonds is 4. The summed E-state index contributed by atoms with van der Waals surface area (Å²) < 4.78 is 13.1. The summed E-state index contributed by atoms with van der Waals surface area (Å²) in [5.74, 6) is -0.138. The van der Waals surface area contributed by atoms with Crippen molar-refractivity contribution in [2.24, 2.45) is 0 Å². The summed E-state index contributed by atoms with van der Waals surface area (Å²) in [4.78, 5) is 2.10. The highest BCUT2D eigenvalue weighted by molar-refractivity contribution is 5.15. The van der Waals surface area contributed by atoms with Crippen molar-refractivity contribution in [2.45, 2.75) is 12.8 Å². The zero-order valence-electron chi connectivity index (χ0n) is 8.18. The summed E-state index contributed by atoms with van der Waals surface area (Å²) in [6, 6.07) is 7.83. The van der Waals surface area contributed by atoms with E-state index in [2.05, 4.69) is 11.0 Å². The minimum atomic E-state index is -0.138. The minimum Gasteiger partial charge on any atom is -0.309 e. The zero-order valence-corrected chi connectivity index (χ0v) is 8.18. The molecule has 1 aromatic carbocycles. The Hall–Kier alpha value is -0.890. The first-order valence-corrected chi connectivity index (χ1v) is 4.50. The molecule has 0 aliphatic heterocycles. The van der Waals surface area contributed by atoms with E-state index in [0.29, 0.717) is 5.56 Å². The molecular formula is C11H15FN. The van der Waals surface area contributed by atoms with Crippen LogP contribution >= 0.6 is 0 Å². The molecule has 1 aromatic rings. The summed E-state index contributed by atoms with van der Waals surface area (Å²) >= 11 is 0. The topological polar surface area (TPSA) is 3.24 Å². The lowest BCUT2D eigenvalue weighted by molar-refractivity contribution is 0.399. The number of nitrogens with zero attached hydrogens (tertiary/aromatic N) is 1. The molecule has 0 saturated carbocycles. The van der Waals surface area contributed by atoms with Gasteiger partial charge < -0.3 is 4.90 Å². The molecule has 0 spiro atoms. The van der Waals surface area contributed by atoms with Crippen LogP contribution in [-0.4, -0.2) is 25.5 Å². The molecule has 0 amide bonds. The quantitative estimate of drug-likeness (QED) is 0.686. The zero-order chi connectivity index (χ0) is 9.68. The van der Waals surface area contributed by atoms with E-state index in [1.54, 1.807) is 12.1 Å². The van der Waals surface area contributed by atoms with Gasteiger partial charge in [-0.05, 0) is 51.2 Å². The van der Waals surface area contributed by atoms with Crippen molar-refractivity contribution in [2.75, 3.05) is 20.6 Å². The number of benzene rings is 1. The van der Waals surface area contributed by atoms with Gasteiger partial charge in [-0.1, -0.05) is 12.1 Å². The van der Waals surface area contributed by atoms with E-state index < -0.39 is 0 Å². The fourth-order valence-electron chi connectivity index (χ4n) is 1.21. The van der Waals surface area contributed by atoms with Gasteiger partial charge in [0.25, 0.3) is 0 Å². The molecule has 13 heavy (non-hydrogen) atoms. The molecule has 1 radical (unpaired) electrons. The van der Waals surface area contributed by atoms with Crippen LogP contribution in [0.15, 0.2) is 18.2 Å². The van der Waals surface area contributed by atoms with E-state index in [4.69, 9.17) is 0 Å². The molecule has 0 N–H and O–H groups in total. The second-order valence-electron chi connectivity index (χ2n) is 3.40. The average molecular weight is 180 g/mol. The smallest absolute Gasteiger partial charge is 0.127 e. The van der Waals surface area contributed by atoms with Crippen LogP contribution in [-0.2, 0) is 6.42 Å². The number of hydrogen-bond donors (Lipinski definition) is 0. The van der Waals surface area contributed by atoms with Crippen molar-refractivity contribution in [1.82, 2.24) is 4.90 Å². The SMILES string of the molecule is CN(C)CCCc1[c]cccc1F. The monoisotopic (exact) mass is 180 g/mol. The molecule has 71 valence electrons. The lowest BCUT2D eigenvalue weighted by Crippen LogP contribution is -2.13. The maximum Gasteiger partial charge on any atom is 0.127 e. The van der Waals surface area contributed by atoms with Gasteiger partial charge in [-0.3, -0.25) is 0 Å². The van der Waals surface area contributed by atoms with Crippen LogP contribution in [0.1, 0.15) is 12.0 Å². The third-order valence-electron chi connectivity index (χ3n) is 1.92. The summed E-state index contributed by atoms with van der Waals surface area (Å²) in [6.07, 6.45) is 1.75. The highest BCUT2D eigenvalue weighted by Crippen LogP contribution is 2.07. The van der Waals surface area contributed by atoms with E-state index in [-0.39, 0.29) is 5.82 Å². The molecule has 0 bridgehead atoms. The van der Waals surface area contributed by atoms with Gasteiger partial charge in [0.1, 0.15) is 5.82 Å². The Morgan fingerprint density at radius 3 is 2.85 bits per heavy atom. The molecule has 0 aliphatic rings. The lowest BCUT2D eigenvalue weighted by Gasteiger charge is -2.08. The molecule has 1 nitrogen and oxygen atoms in total. The largest absolute Gasteiger partial charge is 0.309 e. The summed E-state index contributed by atoms with van der Waals surface area (Å²) in [5, 5.41) is 0. The van der Waals surface area contributed by atoms with Gasteiger partial charge in [0.2, 0.25) is 0 Å². The molecule has 0 aliphatic carbocycles. The molecule has 0 aromatic heterocycles. The summed E-state index contributed by atoms with van der Waals surface area (Å²) in [5.41, 5.74) is 0.698. The fourth-order valence-corrected chi connectivity index (χ4v) is 1.21. The Morgan fingerprint density at radius 1 is 1.46 bits per heavy atom. The van der Waals surface area contributed by atoms with E-state index >= 15 is 0 Å². The first-order valence-electron chi connectivity index (χ1n) is 4.50. The van der Waals surface area contributed by atoms with Crippen LogP contribution in [0.5, 0.6) is 0 Å². The van der Waals surface area contributed by atoms with Gasteiger partial charge in [-0.15, -0.1) is 0 Å². The van der Waals surface area contributed by atoms with Gasteiger partial charge in [0.05, 0.1) is 0 Å². The second-order valence-corrected chi connectivity index (χ2v) is 3.40. The molecule has 1 rings (SSSR count). The number of halogens is 1. The van der Waals surface area contributed by atoms with Gasteiger partial charge >= 0.3 is 0 Å². The van der Waals surface area contributed by atoms with Crippen molar-refractivity contribution < 1.29 is 4.39 Å². The van der Waals surface area contributed by atoms with Crippen LogP contribution in [0.3, 0.4) is 0 Å². The normalized spacial score (nSPS) is 10.8. The third kappa shape index (κ3) is 3.55. The van der Waals surface area contributed by atoms with Crippen molar-refractivity contribution in [3.63, 3.8) is 0 Å². The Kier molecular flexibility index (Phi) is 3.90. The van der Waals surface area contributed by atoms with E-state index in [1.165, 1.54) is 6.07 Å². The van der Waals surface area contributed by atoms with Crippen LogP contribution in [0.25, 0.3) is 0 Å². The van der Waals surface area contributed by atoms with E-state index in [1.807, 2.05) is 14.1 Å². The van der Waals surface area contributed by atoms with Crippen LogP contribution in [0.2, 0.25) is 0 Å². The summed E-state index contributed by atoms with van der Waals surface area (Å²) in [6.45, 7) is 0.988. The molecule has 0 unspecified atom stereocenters. The lowest BCUT2D eigenvalue weighted by atomic mass is 10.1. The molecule has 0 fully saturated rings. The van der Waals surface area contributed by atoms with E-state index in [9.17, 15) is 4.39 Å². The van der Waals surface area contributed by atoms with Crippen LogP contribution < -0.4 is 0 Å². The van der Waals surface area contributed by atoms with Crippen molar-refractivity contribution >= 4 is 0 Å². The third-order valence-corrected chi connectivity index (χ3v) is 1.92. The predicted molar refractivity (Wildman–Crippen MR) is 52.1 cm³/mol.